The van der Waals surface area contributed by atoms with Crippen LogP contribution in [0.15, 0.2) is 48.5 Å². The highest BCUT2D eigenvalue weighted by Crippen LogP contribution is 2.17. The number of nitrogens with zero attached hydrogens (tertiary/aromatic N) is 2. The summed E-state index contributed by atoms with van der Waals surface area (Å²) in [4.78, 5) is 16.9. The summed E-state index contributed by atoms with van der Waals surface area (Å²) in [6.07, 6.45) is 0. The largest absolute Gasteiger partial charge is 0.494 e. The Morgan fingerprint density at radius 3 is 2.62 bits per heavy atom. The number of aromatic nitrogens is 3. The summed E-state index contributed by atoms with van der Waals surface area (Å²) in [7, 11) is 0. The molecule has 6 heteroatoms. The summed E-state index contributed by atoms with van der Waals surface area (Å²) in [6, 6.07) is 14.2. The van der Waals surface area contributed by atoms with Gasteiger partial charge in [-0.05, 0) is 50.2 Å². The highest BCUT2D eigenvalue weighted by molar-refractivity contribution is 6.07. The average Bonchev–Trinajstić information content (AvgIpc) is 3.00. The van der Waals surface area contributed by atoms with Crippen LogP contribution in [0, 0.1) is 6.92 Å². The van der Waals surface area contributed by atoms with Crippen molar-refractivity contribution in [1.82, 2.24) is 15.2 Å². The van der Waals surface area contributed by atoms with E-state index in [9.17, 15) is 4.79 Å². The summed E-state index contributed by atoms with van der Waals surface area (Å²) < 4.78 is 5.39. The van der Waals surface area contributed by atoms with Crippen molar-refractivity contribution in [3.05, 3.63) is 65.5 Å². The predicted molar refractivity (Wildman–Crippen MR) is 91.9 cm³/mol. The second-order valence-corrected chi connectivity index (χ2v) is 5.26. The molecule has 6 nitrogen and oxygen atoms in total. The smallest absolute Gasteiger partial charge is 0.211 e. The molecule has 2 aromatic heterocycles. The Bertz CT molecular complexity index is 840. The normalized spacial score (nSPS) is 10.4. The topological polar surface area (TPSA) is 79.9 Å². The van der Waals surface area contributed by atoms with E-state index in [0.29, 0.717) is 29.5 Å². The second kappa shape index (κ2) is 6.95. The number of aromatic amines is 1. The summed E-state index contributed by atoms with van der Waals surface area (Å²) in [5, 5.41) is 10.0. The fraction of sp³-hybridized carbons (Fsp3) is 0.167. The summed E-state index contributed by atoms with van der Waals surface area (Å²) >= 11 is 0. The van der Waals surface area contributed by atoms with Crippen molar-refractivity contribution >= 4 is 17.4 Å². The van der Waals surface area contributed by atoms with E-state index in [-0.39, 0.29) is 5.78 Å². The van der Waals surface area contributed by atoms with Crippen molar-refractivity contribution < 1.29 is 9.53 Å². The van der Waals surface area contributed by atoms with Gasteiger partial charge in [0, 0.05) is 17.3 Å². The molecule has 3 rings (SSSR count). The molecule has 0 bridgehead atoms. The Balaban J connectivity index is 1.78. The Morgan fingerprint density at radius 1 is 1.17 bits per heavy atom. The van der Waals surface area contributed by atoms with Crippen LogP contribution in [-0.4, -0.2) is 27.6 Å². The first-order valence-electron chi connectivity index (χ1n) is 7.69. The molecule has 3 aromatic rings. The highest BCUT2D eigenvalue weighted by Gasteiger charge is 2.12. The fourth-order valence-corrected chi connectivity index (χ4v) is 2.26. The van der Waals surface area contributed by atoms with Gasteiger partial charge in [0.05, 0.1) is 6.61 Å². The molecule has 0 aliphatic carbocycles. The minimum absolute atomic E-state index is 0.139. The molecular weight excluding hydrogens is 304 g/mol. The maximum absolute atomic E-state index is 12.6. The van der Waals surface area contributed by atoms with Gasteiger partial charge in [-0.1, -0.05) is 6.07 Å². The summed E-state index contributed by atoms with van der Waals surface area (Å²) in [5.41, 5.74) is 1.88. The summed E-state index contributed by atoms with van der Waals surface area (Å²) in [5.74, 6) is 1.83. The van der Waals surface area contributed by atoms with Gasteiger partial charge < -0.3 is 10.1 Å². The Kier molecular flexibility index (Phi) is 4.56. The van der Waals surface area contributed by atoms with Crippen molar-refractivity contribution in [1.29, 1.82) is 0 Å². The van der Waals surface area contributed by atoms with Crippen molar-refractivity contribution in [3.8, 4) is 5.75 Å². The van der Waals surface area contributed by atoms with E-state index >= 15 is 0 Å². The third-order valence-corrected chi connectivity index (χ3v) is 3.37. The molecule has 0 aliphatic rings. The Hall–Kier alpha value is -3.15. The number of rotatable bonds is 6. The molecule has 122 valence electrons. The van der Waals surface area contributed by atoms with Crippen LogP contribution >= 0.6 is 0 Å². The first kappa shape index (κ1) is 15.7. The van der Waals surface area contributed by atoms with Gasteiger partial charge in [0.2, 0.25) is 5.78 Å². The maximum Gasteiger partial charge on any atom is 0.211 e. The molecule has 0 saturated carbocycles. The zero-order valence-electron chi connectivity index (χ0n) is 13.5. The van der Waals surface area contributed by atoms with Gasteiger partial charge in [0.1, 0.15) is 17.3 Å². The van der Waals surface area contributed by atoms with Crippen LogP contribution in [0.2, 0.25) is 0 Å². The lowest BCUT2D eigenvalue weighted by molar-refractivity contribution is 0.103. The van der Waals surface area contributed by atoms with Crippen molar-refractivity contribution in [2.24, 2.45) is 0 Å². The Labute approximate surface area is 139 Å². The van der Waals surface area contributed by atoms with E-state index in [1.807, 2.05) is 19.9 Å². The number of benzene rings is 1. The van der Waals surface area contributed by atoms with Crippen LogP contribution in [0.3, 0.4) is 0 Å². The van der Waals surface area contributed by atoms with E-state index < -0.39 is 0 Å². The lowest BCUT2D eigenvalue weighted by atomic mass is 10.1. The lowest BCUT2D eigenvalue weighted by Crippen LogP contribution is -2.06. The zero-order valence-corrected chi connectivity index (χ0v) is 13.5. The number of anilines is 2. The molecule has 24 heavy (non-hydrogen) atoms. The Morgan fingerprint density at radius 2 is 1.96 bits per heavy atom. The van der Waals surface area contributed by atoms with Gasteiger partial charge in [-0.3, -0.25) is 9.89 Å². The van der Waals surface area contributed by atoms with E-state index in [1.165, 1.54) is 0 Å². The maximum atomic E-state index is 12.6. The zero-order chi connectivity index (χ0) is 16.9. The molecular formula is C18H18N4O2. The minimum atomic E-state index is -0.139. The van der Waals surface area contributed by atoms with Crippen LogP contribution in [0.25, 0.3) is 0 Å². The monoisotopic (exact) mass is 322 g/mol. The van der Waals surface area contributed by atoms with E-state index in [1.54, 1.807) is 42.5 Å². The van der Waals surface area contributed by atoms with Crippen LogP contribution in [0.5, 0.6) is 5.75 Å². The standard InChI is InChI=1S/C18H18N4O2/c1-3-24-14-9-7-13(8-10-14)18(23)15-5-4-6-16(19-15)20-17-11-12(2)21-22-17/h4-11H,3H2,1-2H3,(H2,19,20,21,22). The second-order valence-electron chi connectivity index (χ2n) is 5.26. The molecule has 0 aliphatic heterocycles. The number of carbonyl (C=O) groups excluding carboxylic acids is 1. The molecule has 2 N–H and O–H groups in total. The van der Waals surface area contributed by atoms with Gasteiger partial charge in [-0.25, -0.2) is 4.98 Å². The predicted octanol–water partition coefficient (Wildman–Crippen LogP) is 3.49. The quantitative estimate of drug-likeness (QED) is 0.679. The average molecular weight is 322 g/mol. The number of ether oxygens (including phenoxy) is 1. The van der Waals surface area contributed by atoms with E-state index in [0.717, 1.165) is 11.4 Å². The number of ketones is 1. The minimum Gasteiger partial charge on any atom is -0.494 e. The number of nitrogens with one attached hydrogen (secondary N) is 2. The van der Waals surface area contributed by atoms with E-state index in [4.69, 9.17) is 4.74 Å². The van der Waals surface area contributed by atoms with Crippen LogP contribution in [0.1, 0.15) is 28.7 Å². The molecule has 2 heterocycles. The number of carbonyl (C=O) groups is 1. The summed E-state index contributed by atoms with van der Waals surface area (Å²) in [6.45, 7) is 4.43. The molecule has 0 spiro atoms. The molecule has 0 atom stereocenters. The number of hydrogen-bond donors (Lipinski definition) is 2. The number of hydrogen-bond acceptors (Lipinski definition) is 5. The fourth-order valence-electron chi connectivity index (χ4n) is 2.26. The van der Waals surface area contributed by atoms with Gasteiger partial charge in [-0.2, -0.15) is 5.10 Å². The molecule has 0 fully saturated rings. The van der Waals surface area contributed by atoms with Crippen molar-refractivity contribution in [2.75, 3.05) is 11.9 Å². The van der Waals surface area contributed by atoms with Crippen LogP contribution in [0.4, 0.5) is 11.6 Å². The lowest BCUT2D eigenvalue weighted by Gasteiger charge is -2.06. The first-order valence-corrected chi connectivity index (χ1v) is 7.69. The molecule has 0 unspecified atom stereocenters. The van der Waals surface area contributed by atoms with Crippen molar-refractivity contribution in [2.45, 2.75) is 13.8 Å². The molecule has 0 radical (unpaired) electrons. The number of pyridine rings is 1. The molecule has 0 amide bonds. The van der Waals surface area contributed by atoms with Gasteiger partial charge in [0.25, 0.3) is 0 Å². The van der Waals surface area contributed by atoms with Crippen LogP contribution in [-0.2, 0) is 0 Å². The number of aryl methyl sites for hydroxylation is 1. The SMILES string of the molecule is CCOc1ccc(C(=O)c2cccc(Nc3cc(C)[nH]n3)n2)cc1. The number of H-pyrrole nitrogens is 1. The molecule has 1 aromatic carbocycles. The van der Waals surface area contributed by atoms with E-state index in [2.05, 4.69) is 20.5 Å². The highest BCUT2D eigenvalue weighted by atomic mass is 16.5. The van der Waals surface area contributed by atoms with Gasteiger partial charge in [0.15, 0.2) is 5.82 Å². The van der Waals surface area contributed by atoms with Gasteiger partial charge >= 0.3 is 0 Å². The third-order valence-electron chi connectivity index (χ3n) is 3.37. The third kappa shape index (κ3) is 3.60. The van der Waals surface area contributed by atoms with Crippen molar-refractivity contribution in [3.63, 3.8) is 0 Å². The first-order chi connectivity index (χ1) is 11.7. The molecule has 0 saturated heterocycles. The van der Waals surface area contributed by atoms with Crippen LogP contribution < -0.4 is 10.1 Å². The van der Waals surface area contributed by atoms with Gasteiger partial charge in [-0.15, -0.1) is 0 Å².